The van der Waals surface area contributed by atoms with Gasteiger partial charge in [-0.2, -0.15) is 0 Å². The van der Waals surface area contributed by atoms with Gasteiger partial charge in [0.1, 0.15) is 0 Å². The quantitative estimate of drug-likeness (QED) is 0.422. The van der Waals surface area contributed by atoms with Crippen LogP contribution in [0.3, 0.4) is 0 Å². The van der Waals surface area contributed by atoms with Crippen molar-refractivity contribution in [2.75, 3.05) is 13.1 Å². The molecule has 0 unspecified atom stereocenters. The normalized spacial score (nSPS) is 15.4. The molecule has 0 atom stereocenters. The van der Waals surface area contributed by atoms with Crippen LogP contribution >= 0.6 is 0 Å². The number of hydrogen-bond donors (Lipinski definition) is 0. The van der Waals surface area contributed by atoms with Crippen LogP contribution in [0.5, 0.6) is 0 Å². The Morgan fingerprint density at radius 3 is 2.07 bits per heavy atom. The molecule has 2 aromatic carbocycles. The summed E-state index contributed by atoms with van der Waals surface area (Å²) >= 11 is 0. The van der Waals surface area contributed by atoms with Gasteiger partial charge >= 0.3 is 0 Å². The van der Waals surface area contributed by atoms with E-state index in [4.69, 9.17) is 0 Å². The van der Waals surface area contributed by atoms with E-state index in [-0.39, 0.29) is 5.91 Å². The Morgan fingerprint density at radius 2 is 1.47 bits per heavy atom. The Balaban J connectivity index is 1.49. The molecule has 1 amide bonds. The minimum Gasteiger partial charge on any atom is -0.338 e. The van der Waals surface area contributed by atoms with Gasteiger partial charge in [0.05, 0.1) is 5.56 Å². The molecule has 1 fully saturated rings. The van der Waals surface area contributed by atoms with E-state index >= 15 is 0 Å². The van der Waals surface area contributed by atoms with Crippen molar-refractivity contribution in [1.82, 2.24) is 9.88 Å². The lowest BCUT2D eigenvalue weighted by molar-refractivity contribution is 0.0743. The van der Waals surface area contributed by atoms with E-state index in [1.165, 1.54) is 33.4 Å². The van der Waals surface area contributed by atoms with Crippen LogP contribution in [0.4, 0.5) is 0 Å². The predicted octanol–water partition coefficient (Wildman–Crippen LogP) is 5.61. The molecule has 0 saturated carbocycles. The smallest absolute Gasteiger partial charge is 0.255 e. The first-order valence-corrected chi connectivity index (χ1v) is 10.5. The van der Waals surface area contributed by atoms with Crippen molar-refractivity contribution in [3.63, 3.8) is 0 Å². The number of carbonyl (C=O) groups is 1. The molecular weight excluding hydrogens is 368 g/mol. The zero-order valence-corrected chi connectivity index (χ0v) is 17.1. The van der Waals surface area contributed by atoms with Crippen molar-refractivity contribution < 1.29 is 4.79 Å². The molecule has 3 heteroatoms. The Labute approximate surface area is 177 Å². The van der Waals surface area contributed by atoms with Crippen molar-refractivity contribution in [3.8, 4) is 0 Å². The van der Waals surface area contributed by atoms with Gasteiger partial charge in [-0.25, -0.2) is 0 Å². The van der Waals surface area contributed by atoms with E-state index in [1.54, 1.807) is 12.4 Å². The van der Waals surface area contributed by atoms with Crippen LogP contribution in [0.2, 0.25) is 0 Å². The van der Waals surface area contributed by atoms with Crippen molar-refractivity contribution in [2.45, 2.75) is 19.8 Å². The summed E-state index contributed by atoms with van der Waals surface area (Å²) in [6, 6.07) is 19.2. The van der Waals surface area contributed by atoms with Gasteiger partial charge in [-0.15, -0.1) is 0 Å². The second kappa shape index (κ2) is 7.75. The van der Waals surface area contributed by atoms with Gasteiger partial charge in [0.2, 0.25) is 0 Å². The van der Waals surface area contributed by atoms with Crippen molar-refractivity contribution in [2.24, 2.45) is 0 Å². The predicted molar refractivity (Wildman–Crippen MR) is 122 cm³/mol. The first kappa shape index (κ1) is 18.6. The van der Waals surface area contributed by atoms with Crippen molar-refractivity contribution >= 4 is 23.6 Å². The molecule has 1 aliphatic carbocycles. The maximum absolute atomic E-state index is 12.9. The van der Waals surface area contributed by atoms with Gasteiger partial charge in [-0.3, -0.25) is 9.78 Å². The monoisotopic (exact) mass is 392 g/mol. The van der Waals surface area contributed by atoms with E-state index in [2.05, 4.69) is 65.7 Å². The number of aryl methyl sites for hydroxylation is 1. The molecular formula is C27H24N2O. The maximum Gasteiger partial charge on any atom is 0.255 e. The molecule has 0 spiro atoms. The Kier molecular flexibility index (Phi) is 4.80. The van der Waals surface area contributed by atoms with Crippen LogP contribution in [-0.4, -0.2) is 28.9 Å². The number of hydrogen-bond acceptors (Lipinski definition) is 2. The fraction of sp³-hybridized carbons (Fsp3) is 0.185. The van der Waals surface area contributed by atoms with Gasteiger partial charge in [0, 0.05) is 25.5 Å². The fourth-order valence-electron chi connectivity index (χ4n) is 4.53. The zero-order valence-electron chi connectivity index (χ0n) is 17.1. The third kappa shape index (κ3) is 3.37. The van der Waals surface area contributed by atoms with Gasteiger partial charge in [0.15, 0.2) is 0 Å². The molecule has 30 heavy (non-hydrogen) atoms. The summed E-state index contributed by atoms with van der Waals surface area (Å²) in [5.74, 6) is 0.0820. The maximum atomic E-state index is 12.9. The molecule has 0 N–H and O–H groups in total. The third-order valence-electron chi connectivity index (χ3n) is 6.03. The van der Waals surface area contributed by atoms with Crippen LogP contribution in [0, 0.1) is 6.92 Å². The molecule has 2 aliphatic rings. The SMILES string of the molecule is Cc1cncc(C(=O)N2CCC(=C3c4ccccc4C=Cc4ccccc43)CC2)c1. The van der Waals surface area contributed by atoms with Gasteiger partial charge < -0.3 is 4.90 Å². The lowest BCUT2D eigenvalue weighted by atomic mass is 9.86. The molecule has 5 rings (SSSR count). The Hall–Kier alpha value is -3.46. The van der Waals surface area contributed by atoms with Crippen molar-refractivity contribution in [3.05, 3.63) is 106 Å². The summed E-state index contributed by atoms with van der Waals surface area (Å²) in [6.07, 6.45) is 9.67. The average Bonchev–Trinajstić information content (AvgIpc) is 2.96. The zero-order chi connectivity index (χ0) is 20.5. The number of pyridine rings is 1. The van der Waals surface area contributed by atoms with Crippen LogP contribution in [0.15, 0.2) is 72.6 Å². The standard InChI is InChI=1S/C27H24N2O/c1-19-16-23(18-28-17-19)27(30)29-14-12-22(13-15-29)26-24-8-4-2-6-20(24)10-11-21-7-3-5-9-25(21)26/h2-11,16-18H,12-15H2,1H3. The highest BCUT2D eigenvalue weighted by Gasteiger charge is 2.25. The molecule has 3 aromatic rings. The summed E-state index contributed by atoms with van der Waals surface area (Å²) in [7, 11) is 0. The molecule has 1 aliphatic heterocycles. The number of likely N-dealkylation sites (tertiary alicyclic amines) is 1. The Bertz CT molecular complexity index is 1130. The van der Waals surface area contributed by atoms with E-state index < -0.39 is 0 Å². The average molecular weight is 393 g/mol. The topological polar surface area (TPSA) is 33.2 Å². The number of nitrogens with zero attached hydrogens (tertiary/aromatic N) is 2. The largest absolute Gasteiger partial charge is 0.338 e. The number of amides is 1. The minimum absolute atomic E-state index is 0.0820. The van der Waals surface area contributed by atoms with E-state index in [1.807, 2.05) is 17.9 Å². The third-order valence-corrected chi connectivity index (χ3v) is 6.03. The number of carbonyl (C=O) groups excluding carboxylic acids is 1. The lowest BCUT2D eigenvalue weighted by Gasteiger charge is -2.30. The van der Waals surface area contributed by atoms with Crippen LogP contribution in [0.1, 0.15) is 51.0 Å². The molecule has 2 heterocycles. The summed E-state index contributed by atoms with van der Waals surface area (Å²) in [4.78, 5) is 19.1. The summed E-state index contributed by atoms with van der Waals surface area (Å²) in [6.45, 7) is 3.45. The highest BCUT2D eigenvalue weighted by Crippen LogP contribution is 2.38. The molecule has 1 saturated heterocycles. The van der Waals surface area contributed by atoms with E-state index in [0.717, 1.165) is 31.5 Å². The molecule has 3 nitrogen and oxygen atoms in total. The van der Waals surface area contributed by atoms with Gasteiger partial charge in [0.25, 0.3) is 5.91 Å². The second-order valence-corrected chi connectivity index (χ2v) is 8.03. The van der Waals surface area contributed by atoms with E-state index in [0.29, 0.717) is 5.56 Å². The van der Waals surface area contributed by atoms with Gasteiger partial charge in [-0.1, -0.05) is 66.3 Å². The lowest BCUT2D eigenvalue weighted by Crippen LogP contribution is -2.36. The molecule has 148 valence electrons. The first-order valence-electron chi connectivity index (χ1n) is 10.5. The summed E-state index contributed by atoms with van der Waals surface area (Å²) < 4.78 is 0. The number of benzene rings is 2. The number of aromatic nitrogens is 1. The summed E-state index contributed by atoms with van der Waals surface area (Å²) in [5, 5.41) is 0. The van der Waals surface area contributed by atoms with Gasteiger partial charge in [-0.05, 0) is 59.2 Å². The number of fused-ring (bicyclic) bond motifs is 2. The Morgan fingerprint density at radius 1 is 0.867 bits per heavy atom. The van der Waals surface area contributed by atoms with Crippen molar-refractivity contribution in [1.29, 1.82) is 0 Å². The molecule has 1 aromatic heterocycles. The highest BCUT2D eigenvalue weighted by atomic mass is 16.2. The minimum atomic E-state index is 0.0820. The molecule has 0 radical (unpaired) electrons. The number of rotatable bonds is 1. The fourth-order valence-corrected chi connectivity index (χ4v) is 4.53. The van der Waals surface area contributed by atoms with Crippen LogP contribution in [0.25, 0.3) is 17.7 Å². The van der Waals surface area contributed by atoms with Crippen LogP contribution in [-0.2, 0) is 0 Å². The number of piperidine rings is 1. The van der Waals surface area contributed by atoms with E-state index in [9.17, 15) is 4.79 Å². The molecule has 0 bridgehead atoms. The summed E-state index contributed by atoms with van der Waals surface area (Å²) in [5.41, 5.74) is 9.55. The van der Waals surface area contributed by atoms with Crippen LogP contribution < -0.4 is 0 Å². The second-order valence-electron chi connectivity index (χ2n) is 8.03. The highest BCUT2D eigenvalue weighted by molar-refractivity contribution is 5.96. The first-order chi connectivity index (χ1) is 14.7.